The SMILES string of the molecule is [Cl][Fe-]([Cl])([Cl])[Cl].c1coc(-c2nc(N3CCOCC3)nc(=[N+]3CCOCC3)o2)c1. The predicted molar refractivity (Wildman–Crippen MR) is 104 cm³/mol. The third kappa shape index (κ3) is 7.07. The molecule has 2 saturated heterocycles. The molecule has 0 atom stereocenters. The van der Waals surface area contributed by atoms with E-state index in [0.717, 1.165) is 26.2 Å². The topological polar surface area (TPSA) is 76.8 Å². The summed E-state index contributed by atoms with van der Waals surface area (Å²) in [6, 6.07) is 3.65. The fourth-order valence-electron chi connectivity index (χ4n) is 2.63. The van der Waals surface area contributed by atoms with Gasteiger partial charge in [-0.3, -0.25) is 0 Å². The van der Waals surface area contributed by atoms with Crippen LogP contribution in [0.5, 0.6) is 0 Å². The molecule has 4 heterocycles. The average Bonchev–Trinajstić information content (AvgIpc) is 3.23. The molecule has 0 aliphatic carbocycles. The molecule has 2 aromatic rings. The van der Waals surface area contributed by atoms with E-state index >= 15 is 0 Å². The fourth-order valence-corrected chi connectivity index (χ4v) is 2.63. The zero-order valence-electron chi connectivity index (χ0n) is 14.7. The van der Waals surface area contributed by atoms with Crippen LogP contribution in [0.2, 0.25) is 0 Å². The first-order valence-electron chi connectivity index (χ1n) is 8.35. The average molecular weight is 517 g/mol. The van der Waals surface area contributed by atoms with E-state index in [1.807, 2.05) is 12.1 Å². The summed E-state index contributed by atoms with van der Waals surface area (Å²) in [5, 5.41) is 0. The van der Waals surface area contributed by atoms with Crippen molar-refractivity contribution in [3.63, 3.8) is 0 Å². The summed E-state index contributed by atoms with van der Waals surface area (Å²) in [7, 11) is 17.2. The Morgan fingerprint density at radius 1 is 0.964 bits per heavy atom. The van der Waals surface area contributed by atoms with E-state index in [2.05, 4.69) is 19.4 Å². The van der Waals surface area contributed by atoms with E-state index in [9.17, 15) is 0 Å². The zero-order chi connectivity index (χ0) is 20.0. The molecule has 0 radical (unpaired) electrons. The monoisotopic (exact) mass is 515 g/mol. The summed E-state index contributed by atoms with van der Waals surface area (Å²) >= 11 is 0. The van der Waals surface area contributed by atoms with Crippen molar-refractivity contribution in [2.45, 2.75) is 0 Å². The first-order valence-corrected chi connectivity index (χ1v) is 14.4. The maximum atomic E-state index is 5.89. The van der Waals surface area contributed by atoms with Crippen molar-refractivity contribution in [2.24, 2.45) is 0 Å². The zero-order valence-corrected chi connectivity index (χ0v) is 18.8. The van der Waals surface area contributed by atoms with E-state index in [1.54, 1.807) is 6.26 Å². The Balaban J connectivity index is 0.000000403. The van der Waals surface area contributed by atoms with Crippen LogP contribution < -0.4 is 15.2 Å². The van der Waals surface area contributed by atoms with Crippen molar-refractivity contribution >= 4 is 46.3 Å². The van der Waals surface area contributed by atoms with Gasteiger partial charge < -0.3 is 23.2 Å². The van der Waals surface area contributed by atoms with E-state index in [-0.39, 0.29) is 0 Å². The van der Waals surface area contributed by atoms with E-state index < -0.39 is 9.20 Å². The van der Waals surface area contributed by atoms with Crippen LogP contribution in [0.4, 0.5) is 5.95 Å². The number of halogens is 4. The molecule has 0 spiro atoms. The molecule has 13 heteroatoms. The molecule has 0 unspecified atom stereocenters. The molecular formula is C15H19Cl4FeN4O4. The van der Waals surface area contributed by atoms with Crippen LogP contribution in [0.25, 0.3) is 11.7 Å². The predicted octanol–water partition coefficient (Wildman–Crippen LogP) is 2.72. The van der Waals surface area contributed by atoms with Gasteiger partial charge >= 0.3 is 61.2 Å². The summed E-state index contributed by atoms with van der Waals surface area (Å²) in [6.07, 6.45) is 1.61. The molecule has 2 aliphatic rings. The van der Waals surface area contributed by atoms with Crippen LogP contribution in [0.3, 0.4) is 0 Å². The van der Waals surface area contributed by atoms with Crippen molar-refractivity contribution in [3.8, 4) is 11.7 Å². The van der Waals surface area contributed by atoms with Gasteiger partial charge in [-0.2, -0.15) is 0 Å². The third-order valence-corrected chi connectivity index (χ3v) is 3.89. The van der Waals surface area contributed by atoms with Gasteiger partial charge in [0.2, 0.25) is 0 Å². The second kappa shape index (κ2) is 10.5. The first kappa shape index (κ1) is 22.2. The summed E-state index contributed by atoms with van der Waals surface area (Å²) in [5.74, 6) is 1.68. The Morgan fingerprint density at radius 2 is 1.61 bits per heavy atom. The van der Waals surface area contributed by atoms with Crippen LogP contribution in [0, 0.1) is 0 Å². The Labute approximate surface area is 181 Å². The standard InChI is InChI=1S/C15H19N4O4.4ClH.Fe/c1-2-12(22-7-1)13-16-14(18-3-8-20-9-4-18)17-15(23-13)19-5-10-21-11-6-19;;;;;/h1-2,7H,3-6,8-11H2;4*1H;/q+1;;;;;+3/p-4. The van der Waals surface area contributed by atoms with Crippen LogP contribution in [-0.2, 0) is 18.7 Å². The third-order valence-electron chi connectivity index (χ3n) is 3.89. The van der Waals surface area contributed by atoms with Crippen LogP contribution in [0.15, 0.2) is 27.2 Å². The van der Waals surface area contributed by atoms with Gasteiger partial charge in [-0.1, -0.05) is 0 Å². The van der Waals surface area contributed by atoms with Crippen molar-refractivity contribution in [1.29, 1.82) is 0 Å². The molecule has 2 aliphatic heterocycles. The van der Waals surface area contributed by atoms with Crippen LogP contribution in [0.1, 0.15) is 0 Å². The van der Waals surface area contributed by atoms with Crippen LogP contribution in [-0.4, -0.2) is 62.6 Å². The Kier molecular flexibility index (Phi) is 8.32. The number of ether oxygens (including phenoxy) is 2. The van der Waals surface area contributed by atoms with Crippen molar-refractivity contribution in [3.05, 3.63) is 24.1 Å². The number of hydrogen-bond donors (Lipinski definition) is 0. The van der Waals surface area contributed by atoms with Crippen molar-refractivity contribution in [1.82, 2.24) is 14.5 Å². The number of hydrogen-bond acceptors (Lipinski definition) is 7. The minimum atomic E-state index is -2.61. The van der Waals surface area contributed by atoms with Gasteiger partial charge in [0.05, 0.1) is 32.7 Å². The number of nitrogens with zero attached hydrogens (tertiary/aromatic N) is 4. The van der Waals surface area contributed by atoms with Gasteiger partial charge in [-0.25, -0.2) is 4.58 Å². The number of anilines is 1. The van der Waals surface area contributed by atoms with Gasteiger partial charge in [-0.05, 0) is 12.1 Å². The molecule has 0 aromatic carbocycles. The Hall–Kier alpha value is -0.511. The van der Waals surface area contributed by atoms with Crippen molar-refractivity contribution in [2.75, 3.05) is 57.5 Å². The summed E-state index contributed by atoms with van der Waals surface area (Å²) in [6.45, 7) is 5.73. The van der Waals surface area contributed by atoms with E-state index in [1.165, 1.54) is 0 Å². The smallest absolute Gasteiger partial charge is 0.459 e. The van der Waals surface area contributed by atoms with Gasteiger partial charge in [0.15, 0.2) is 5.76 Å². The summed E-state index contributed by atoms with van der Waals surface area (Å²) < 4.78 is 24.2. The fraction of sp³-hybridized carbons (Fsp3) is 0.533. The minimum Gasteiger partial charge on any atom is -0.459 e. The molecule has 0 bridgehead atoms. The second-order valence-electron chi connectivity index (χ2n) is 5.69. The van der Waals surface area contributed by atoms with Gasteiger partial charge in [0.1, 0.15) is 13.1 Å². The Bertz CT molecular complexity index is 808. The number of rotatable bonds is 2. The summed E-state index contributed by atoms with van der Waals surface area (Å²) in [4.78, 5) is 11.3. The number of morpholine rings is 2. The largest absolute Gasteiger partial charge is 0.504 e. The maximum Gasteiger partial charge on any atom is 0.504 e. The Morgan fingerprint density at radius 3 is 2.21 bits per heavy atom. The van der Waals surface area contributed by atoms with E-state index in [4.69, 9.17) is 58.7 Å². The van der Waals surface area contributed by atoms with Crippen molar-refractivity contribution < 1.29 is 27.5 Å². The normalized spacial score (nSPS) is 18.4. The van der Waals surface area contributed by atoms with Crippen LogP contribution >= 0.6 is 40.4 Å². The number of furan rings is 1. The maximum absolute atomic E-state index is 5.89. The molecule has 0 N–H and O–H groups in total. The molecular weight excluding hydrogens is 498 g/mol. The van der Waals surface area contributed by atoms with Gasteiger partial charge in [0.25, 0.3) is 5.89 Å². The first-order chi connectivity index (χ1) is 13.4. The molecule has 4 rings (SSSR count). The van der Waals surface area contributed by atoms with Gasteiger partial charge in [0, 0.05) is 18.1 Å². The quantitative estimate of drug-likeness (QED) is 0.448. The summed E-state index contributed by atoms with van der Waals surface area (Å²) in [5.41, 5.74) is 0.552. The minimum absolute atomic E-state index is 0.438. The van der Waals surface area contributed by atoms with Gasteiger partial charge in [-0.15, -0.1) is 4.98 Å². The molecule has 159 valence electrons. The molecule has 2 fully saturated rings. The molecule has 0 saturated carbocycles. The molecule has 2 aromatic heterocycles. The molecule has 28 heavy (non-hydrogen) atoms. The van der Waals surface area contributed by atoms with E-state index in [0.29, 0.717) is 49.7 Å². The second-order valence-corrected chi connectivity index (χ2v) is 16.6. The molecule has 0 amide bonds. The number of aromatic nitrogens is 2. The molecule has 8 nitrogen and oxygen atoms in total.